The molecule has 1 aromatic rings. The van der Waals surface area contributed by atoms with Gasteiger partial charge in [0.2, 0.25) is 0 Å². The highest BCUT2D eigenvalue weighted by molar-refractivity contribution is 5.90. The van der Waals surface area contributed by atoms with Crippen molar-refractivity contribution in [1.29, 1.82) is 0 Å². The van der Waals surface area contributed by atoms with Gasteiger partial charge in [-0.1, -0.05) is 24.6 Å². The van der Waals surface area contributed by atoms with Gasteiger partial charge in [0.25, 0.3) is 0 Å². The van der Waals surface area contributed by atoms with Crippen molar-refractivity contribution in [3.63, 3.8) is 0 Å². The van der Waals surface area contributed by atoms with E-state index in [0.717, 1.165) is 43.0 Å². The molecular weight excluding hydrogens is 328 g/mol. The lowest BCUT2D eigenvalue weighted by Gasteiger charge is -2.39. The monoisotopic (exact) mass is 360 g/mol. The molecule has 2 atom stereocenters. The molecule has 2 amide bonds. The number of rotatable bonds is 7. The van der Waals surface area contributed by atoms with Crippen LogP contribution in [0, 0.1) is 6.92 Å². The molecule has 3 N–H and O–H groups in total. The third-order valence-corrected chi connectivity index (χ3v) is 4.42. The summed E-state index contributed by atoms with van der Waals surface area (Å²) in [5.74, 6) is 0. The van der Waals surface area contributed by atoms with Crippen LogP contribution in [0.15, 0.2) is 29.3 Å². The molecule has 1 heterocycles. The Morgan fingerprint density at radius 2 is 1.96 bits per heavy atom. The highest BCUT2D eigenvalue weighted by atomic mass is 16.2. The van der Waals surface area contributed by atoms with E-state index in [-0.39, 0.29) is 18.5 Å². The first-order valence-corrected chi connectivity index (χ1v) is 9.20. The lowest BCUT2D eigenvalue weighted by Crippen LogP contribution is -2.60. The molecule has 1 aliphatic rings. The van der Waals surface area contributed by atoms with Gasteiger partial charge in [-0.3, -0.25) is 4.99 Å². The molecule has 0 saturated carbocycles. The molecule has 0 fully saturated rings. The minimum absolute atomic E-state index is 0.169. The molecule has 7 heteroatoms. The number of anilines is 1. The Morgan fingerprint density at radius 1 is 1.27 bits per heavy atom. The second-order valence-corrected chi connectivity index (χ2v) is 7.01. The quantitative estimate of drug-likeness (QED) is 0.696. The van der Waals surface area contributed by atoms with E-state index in [9.17, 15) is 4.79 Å². The Bertz CT molecular complexity index is 613. The van der Waals surface area contributed by atoms with Gasteiger partial charge >= 0.3 is 6.03 Å². The van der Waals surface area contributed by atoms with Crippen molar-refractivity contribution in [2.24, 2.45) is 4.99 Å². The number of carbonyl (C=O) groups excluding carboxylic acids is 1. The number of hydrogen-bond donors (Lipinski definition) is 3. The van der Waals surface area contributed by atoms with Gasteiger partial charge in [0, 0.05) is 37.5 Å². The van der Waals surface area contributed by atoms with Gasteiger partial charge in [0.05, 0.1) is 6.17 Å². The maximum absolute atomic E-state index is 12.4. The van der Waals surface area contributed by atoms with Crippen LogP contribution in [0.1, 0.15) is 25.8 Å². The molecule has 1 aromatic carbocycles. The number of aliphatic imine (C=N–C) groups is 1. The largest absolute Gasteiger partial charge is 0.321 e. The zero-order chi connectivity index (χ0) is 19.1. The lowest BCUT2D eigenvalue weighted by atomic mass is 10.1. The van der Waals surface area contributed by atoms with E-state index in [4.69, 9.17) is 0 Å². The highest BCUT2D eigenvalue weighted by Crippen LogP contribution is 2.15. The second kappa shape index (κ2) is 9.66. The van der Waals surface area contributed by atoms with Crippen LogP contribution in [-0.2, 0) is 0 Å². The number of nitrogens with zero attached hydrogens (tertiary/aromatic N) is 3. The van der Waals surface area contributed by atoms with E-state index in [1.54, 1.807) is 0 Å². The fraction of sp³-hybridized carbons (Fsp3) is 0.579. The first-order chi connectivity index (χ1) is 12.4. The van der Waals surface area contributed by atoms with Crippen LogP contribution in [0.3, 0.4) is 0 Å². The second-order valence-electron chi connectivity index (χ2n) is 7.01. The molecule has 0 bridgehead atoms. The van der Waals surface area contributed by atoms with Crippen LogP contribution in [0.5, 0.6) is 0 Å². The van der Waals surface area contributed by atoms with Crippen LogP contribution in [-0.4, -0.2) is 67.7 Å². The van der Waals surface area contributed by atoms with E-state index >= 15 is 0 Å². The molecule has 2 unspecified atom stereocenters. The molecule has 1 aliphatic heterocycles. The molecule has 0 spiro atoms. The average molecular weight is 361 g/mol. The Balaban J connectivity index is 1.97. The maximum atomic E-state index is 12.4. The molecule has 0 saturated heterocycles. The molecular formula is C19H32N6O. The molecule has 26 heavy (non-hydrogen) atoms. The van der Waals surface area contributed by atoms with Crippen LogP contribution >= 0.6 is 0 Å². The summed E-state index contributed by atoms with van der Waals surface area (Å²) >= 11 is 0. The zero-order valence-corrected chi connectivity index (χ0v) is 16.5. The number of hydrogen-bond acceptors (Lipinski definition) is 5. The molecule has 144 valence electrons. The minimum Gasteiger partial charge on any atom is -0.308 e. The SMILES string of the molecule is CCN1C(NCCN(C)C)CC(C)=NC1NC(=O)Nc1ccc(C)cc1. The fourth-order valence-electron chi connectivity index (χ4n) is 2.98. The molecule has 0 radical (unpaired) electrons. The number of benzene rings is 1. The summed E-state index contributed by atoms with van der Waals surface area (Å²) in [6.07, 6.45) is 0.664. The standard InChI is InChI=1S/C19H32N6O/c1-6-25-17(20-11-12-24(4)5)13-15(3)21-18(25)23-19(26)22-16-9-7-14(2)8-10-16/h7-10,17-18,20H,6,11-13H2,1-5H3,(H2,22,23,26). The summed E-state index contributed by atoms with van der Waals surface area (Å²) in [5.41, 5.74) is 2.97. The van der Waals surface area contributed by atoms with Gasteiger partial charge in [-0.25, -0.2) is 9.69 Å². The average Bonchev–Trinajstić information content (AvgIpc) is 2.56. The van der Waals surface area contributed by atoms with Crippen molar-refractivity contribution < 1.29 is 4.79 Å². The van der Waals surface area contributed by atoms with E-state index in [1.807, 2.05) is 38.1 Å². The summed E-state index contributed by atoms with van der Waals surface area (Å²) < 4.78 is 0. The molecule has 7 nitrogen and oxygen atoms in total. The van der Waals surface area contributed by atoms with Gasteiger partial charge < -0.3 is 20.9 Å². The third kappa shape index (κ3) is 6.09. The van der Waals surface area contributed by atoms with Crippen LogP contribution in [0.2, 0.25) is 0 Å². The summed E-state index contributed by atoms with van der Waals surface area (Å²) in [7, 11) is 4.12. The van der Waals surface area contributed by atoms with E-state index in [0.29, 0.717) is 0 Å². The van der Waals surface area contributed by atoms with Gasteiger partial charge in [-0.15, -0.1) is 0 Å². The van der Waals surface area contributed by atoms with Crippen LogP contribution in [0.4, 0.5) is 10.5 Å². The van der Waals surface area contributed by atoms with Crippen molar-refractivity contribution in [1.82, 2.24) is 20.4 Å². The maximum Gasteiger partial charge on any atom is 0.321 e. The van der Waals surface area contributed by atoms with Gasteiger partial charge in [-0.2, -0.15) is 0 Å². The van der Waals surface area contributed by atoms with Gasteiger partial charge in [0.1, 0.15) is 0 Å². The first-order valence-electron chi connectivity index (χ1n) is 9.20. The zero-order valence-electron chi connectivity index (χ0n) is 16.5. The Morgan fingerprint density at radius 3 is 2.58 bits per heavy atom. The molecule has 0 aliphatic carbocycles. The fourth-order valence-corrected chi connectivity index (χ4v) is 2.98. The predicted molar refractivity (Wildman–Crippen MR) is 108 cm³/mol. The number of nitrogens with one attached hydrogen (secondary N) is 3. The summed E-state index contributed by atoms with van der Waals surface area (Å²) in [5, 5.41) is 9.43. The van der Waals surface area contributed by atoms with E-state index in [1.165, 1.54) is 0 Å². The van der Waals surface area contributed by atoms with E-state index < -0.39 is 0 Å². The lowest BCUT2D eigenvalue weighted by molar-refractivity contribution is 0.0970. The number of carbonyl (C=O) groups is 1. The number of aryl methyl sites for hydroxylation is 1. The van der Waals surface area contributed by atoms with Crippen LogP contribution in [0.25, 0.3) is 0 Å². The number of amides is 2. The highest BCUT2D eigenvalue weighted by Gasteiger charge is 2.30. The topological polar surface area (TPSA) is 72.0 Å². The Hall–Kier alpha value is -1.96. The Labute approximate surface area is 156 Å². The van der Waals surface area contributed by atoms with Gasteiger partial charge in [0.15, 0.2) is 6.29 Å². The van der Waals surface area contributed by atoms with Crippen molar-refractivity contribution in [3.8, 4) is 0 Å². The summed E-state index contributed by atoms with van der Waals surface area (Å²) in [6, 6.07) is 7.49. The van der Waals surface area contributed by atoms with Crippen molar-refractivity contribution in [2.75, 3.05) is 39.0 Å². The molecule has 2 rings (SSSR count). The van der Waals surface area contributed by atoms with Crippen LogP contribution < -0.4 is 16.0 Å². The predicted octanol–water partition coefficient (Wildman–Crippen LogP) is 2.06. The number of likely N-dealkylation sites (N-methyl/N-ethyl adjacent to an activating group) is 1. The van der Waals surface area contributed by atoms with E-state index in [2.05, 4.69) is 51.8 Å². The Kier molecular flexibility index (Phi) is 7.56. The van der Waals surface area contributed by atoms with Crippen molar-refractivity contribution in [2.45, 2.75) is 39.6 Å². The minimum atomic E-state index is -0.365. The summed E-state index contributed by atoms with van der Waals surface area (Å²) in [4.78, 5) is 21.4. The first kappa shape index (κ1) is 20.4. The normalized spacial score (nSPS) is 20.8. The molecule has 0 aromatic heterocycles. The summed E-state index contributed by atoms with van der Waals surface area (Å²) in [6.45, 7) is 8.78. The van der Waals surface area contributed by atoms with Gasteiger partial charge in [-0.05, 0) is 40.1 Å². The van der Waals surface area contributed by atoms with Crippen molar-refractivity contribution >= 4 is 17.4 Å². The van der Waals surface area contributed by atoms with Crippen molar-refractivity contribution in [3.05, 3.63) is 29.8 Å². The number of urea groups is 1. The smallest absolute Gasteiger partial charge is 0.308 e. The third-order valence-electron chi connectivity index (χ3n) is 4.42.